The van der Waals surface area contributed by atoms with E-state index in [1.807, 2.05) is 59.3 Å². The van der Waals surface area contributed by atoms with Crippen LogP contribution >= 0.6 is 28.4 Å². The first-order valence-electron chi connectivity index (χ1n) is 11.4. The van der Waals surface area contributed by atoms with E-state index in [0.29, 0.717) is 11.9 Å². The Morgan fingerprint density at radius 3 is 2.34 bits per heavy atom. The van der Waals surface area contributed by atoms with Gasteiger partial charge in [0, 0.05) is 22.7 Å². The third-order valence-electron chi connectivity index (χ3n) is 6.12. The van der Waals surface area contributed by atoms with Gasteiger partial charge in [0.05, 0.1) is 23.8 Å². The average molecular weight is 587 g/mol. The molecule has 172 valence electrons. The van der Waals surface area contributed by atoms with Gasteiger partial charge in [-0.1, -0.05) is 67.6 Å². The van der Waals surface area contributed by atoms with Crippen molar-refractivity contribution in [2.45, 2.75) is 13.3 Å². The van der Waals surface area contributed by atoms with Crippen LogP contribution in [0.4, 0.5) is 0 Å². The fourth-order valence-corrected chi connectivity index (χ4v) is 5.95. The molecule has 0 bridgehead atoms. The normalized spacial score (nSPS) is 12.3. The fraction of sp³-hybridized carbons (Fsp3) is 0.0690. The highest BCUT2D eigenvalue weighted by atomic mass is 127. The Hall–Kier alpha value is -3.15. The largest absolute Gasteiger partial charge is 0.298 e. The minimum absolute atomic E-state index is 0.556. The minimum Gasteiger partial charge on any atom is -0.298 e. The van der Waals surface area contributed by atoms with Crippen molar-refractivity contribution in [1.29, 1.82) is 0 Å². The van der Waals surface area contributed by atoms with Gasteiger partial charge in [-0.25, -0.2) is 4.45 Å². The molecule has 0 aliphatic heterocycles. The maximum absolute atomic E-state index is 11.3. The number of carbonyl (C=O) groups is 1. The molecule has 0 spiro atoms. The highest BCUT2D eigenvalue weighted by molar-refractivity contribution is 14.2. The second-order valence-corrected chi connectivity index (χ2v) is 10.2. The molecule has 4 nitrogen and oxygen atoms in total. The van der Waals surface area contributed by atoms with Gasteiger partial charge < -0.3 is 0 Å². The molecular weight excluding hydrogens is 564 g/mol. The number of carbonyl (C=O) groups excluding carboxylic acids is 1. The number of benzene rings is 3. The van der Waals surface area contributed by atoms with Crippen molar-refractivity contribution in [3.8, 4) is 11.3 Å². The monoisotopic (exact) mass is 587 g/mol. The minimum atomic E-state index is 0.556. The molecule has 0 aliphatic carbocycles. The van der Waals surface area contributed by atoms with Crippen molar-refractivity contribution in [3.05, 3.63) is 120 Å². The third-order valence-corrected chi connectivity index (χ3v) is 8.01. The lowest BCUT2D eigenvalue weighted by Gasteiger charge is -2.17. The van der Waals surface area contributed by atoms with E-state index in [-0.39, 0.29) is 0 Å². The molecule has 0 amide bonds. The predicted molar refractivity (Wildman–Crippen MR) is 155 cm³/mol. The van der Waals surface area contributed by atoms with Crippen molar-refractivity contribution < 1.29 is 4.79 Å². The number of aldehydes is 1. The van der Waals surface area contributed by atoms with Crippen LogP contribution in [0, 0.1) is 0 Å². The zero-order valence-corrected chi connectivity index (χ0v) is 22.3. The van der Waals surface area contributed by atoms with E-state index in [2.05, 4.69) is 81.5 Å². The van der Waals surface area contributed by atoms with Gasteiger partial charge in [0.25, 0.3) is 0 Å². The Labute approximate surface area is 219 Å². The SMILES string of the molecule is CC/C(=C(/c1ccc(C=O)cc1)c1ccc2c(cnn2PI)c1)c1ccc(-c2ccccn2)cc1. The van der Waals surface area contributed by atoms with Crippen molar-refractivity contribution in [1.82, 2.24) is 14.5 Å². The Balaban J connectivity index is 1.68. The summed E-state index contributed by atoms with van der Waals surface area (Å²) in [6.45, 7) is 2.19. The zero-order chi connectivity index (χ0) is 24.2. The van der Waals surface area contributed by atoms with Crippen LogP contribution in [0.5, 0.6) is 0 Å². The molecule has 2 aromatic heterocycles. The molecular formula is C29H23IN3OP. The quantitative estimate of drug-likeness (QED) is 0.0838. The fourth-order valence-electron chi connectivity index (χ4n) is 4.40. The van der Waals surface area contributed by atoms with E-state index >= 15 is 0 Å². The molecule has 3 aromatic carbocycles. The number of fused-ring (bicyclic) bond motifs is 1. The lowest BCUT2D eigenvalue weighted by molar-refractivity contribution is 0.112. The number of halogens is 1. The number of nitrogens with zero attached hydrogens (tertiary/aromatic N) is 3. The van der Waals surface area contributed by atoms with Crippen molar-refractivity contribution >= 4 is 56.8 Å². The third kappa shape index (κ3) is 4.84. The van der Waals surface area contributed by atoms with Gasteiger partial charge in [-0.2, -0.15) is 5.10 Å². The van der Waals surface area contributed by atoms with Crippen LogP contribution in [0.3, 0.4) is 0 Å². The first kappa shape index (κ1) is 23.6. The smallest absolute Gasteiger partial charge is 0.150 e. The summed E-state index contributed by atoms with van der Waals surface area (Å²) in [6, 6.07) is 29.0. The Morgan fingerprint density at radius 2 is 1.69 bits per heavy atom. The summed E-state index contributed by atoms with van der Waals surface area (Å²) in [4.78, 5) is 15.7. The Morgan fingerprint density at radius 1 is 0.943 bits per heavy atom. The van der Waals surface area contributed by atoms with Crippen molar-refractivity contribution in [2.75, 3.05) is 0 Å². The highest BCUT2D eigenvalue weighted by Crippen LogP contribution is 2.37. The predicted octanol–water partition coefficient (Wildman–Crippen LogP) is 8.07. The highest BCUT2D eigenvalue weighted by Gasteiger charge is 2.15. The molecule has 0 saturated heterocycles. The molecule has 1 unspecified atom stereocenters. The average Bonchev–Trinajstić information content (AvgIpc) is 3.35. The van der Waals surface area contributed by atoms with Crippen LogP contribution in [0.15, 0.2) is 97.3 Å². The van der Waals surface area contributed by atoms with Crippen molar-refractivity contribution in [3.63, 3.8) is 0 Å². The topological polar surface area (TPSA) is 47.8 Å². The molecule has 0 N–H and O–H groups in total. The molecule has 0 fully saturated rings. The lowest BCUT2D eigenvalue weighted by Crippen LogP contribution is -1.96. The summed E-state index contributed by atoms with van der Waals surface area (Å²) in [7, 11) is 0. The second-order valence-electron chi connectivity index (χ2n) is 8.15. The van der Waals surface area contributed by atoms with Crippen LogP contribution in [0.2, 0.25) is 0 Å². The van der Waals surface area contributed by atoms with Gasteiger partial charge in [-0.05, 0) is 80.6 Å². The summed E-state index contributed by atoms with van der Waals surface area (Å²) >= 11 is 2.35. The number of allylic oxidation sites excluding steroid dienone is 1. The summed E-state index contributed by atoms with van der Waals surface area (Å²) in [5.41, 5.74) is 9.68. The molecule has 5 rings (SSSR count). The lowest BCUT2D eigenvalue weighted by atomic mass is 9.87. The van der Waals surface area contributed by atoms with Crippen LogP contribution in [0.1, 0.15) is 40.4 Å². The van der Waals surface area contributed by atoms with Gasteiger partial charge in [0.15, 0.2) is 0 Å². The zero-order valence-electron chi connectivity index (χ0n) is 19.1. The van der Waals surface area contributed by atoms with E-state index < -0.39 is 0 Å². The van der Waals surface area contributed by atoms with E-state index in [4.69, 9.17) is 0 Å². The van der Waals surface area contributed by atoms with E-state index in [0.717, 1.165) is 46.0 Å². The van der Waals surface area contributed by atoms with E-state index in [9.17, 15) is 4.79 Å². The number of rotatable bonds is 7. The van der Waals surface area contributed by atoms with Crippen LogP contribution < -0.4 is 0 Å². The Kier molecular flexibility index (Phi) is 7.16. The van der Waals surface area contributed by atoms with Crippen LogP contribution in [0.25, 0.3) is 33.3 Å². The standard InChI is InChI=1S/C29H23IN3OP/c1-2-26(21-10-12-22(13-11-21)27-5-3-4-16-31-27)29(23-8-6-20(19-34)7-9-23)24-14-15-28-25(17-24)18-32-33(28)35-30/h3-19,35H,2H2,1H3/b29-26+. The van der Waals surface area contributed by atoms with Gasteiger partial charge in [-0.15, -0.1) is 0 Å². The Bertz CT molecular complexity index is 1510. The van der Waals surface area contributed by atoms with Gasteiger partial charge >= 0.3 is 0 Å². The molecule has 35 heavy (non-hydrogen) atoms. The summed E-state index contributed by atoms with van der Waals surface area (Å²) in [5.74, 6) is 0. The van der Waals surface area contributed by atoms with Crippen LogP contribution in [-0.2, 0) is 0 Å². The summed E-state index contributed by atoms with van der Waals surface area (Å²) < 4.78 is 2.03. The van der Waals surface area contributed by atoms with E-state index in [1.54, 1.807) is 0 Å². The molecule has 0 saturated carbocycles. The van der Waals surface area contributed by atoms with Crippen LogP contribution in [-0.4, -0.2) is 20.8 Å². The molecule has 5 aromatic rings. The molecule has 2 heterocycles. The first-order valence-corrected chi connectivity index (χ1v) is 15.4. The maximum atomic E-state index is 11.3. The first-order chi connectivity index (χ1) is 17.2. The molecule has 6 heteroatoms. The molecule has 0 aliphatic rings. The summed E-state index contributed by atoms with van der Waals surface area (Å²) in [5, 5.41) is 5.65. The number of hydrogen-bond acceptors (Lipinski definition) is 3. The number of pyridine rings is 1. The maximum Gasteiger partial charge on any atom is 0.150 e. The van der Waals surface area contributed by atoms with E-state index in [1.165, 1.54) is 16.7 Å². The number of aromatic nitrogens is 3. The number of hydrogen-bond donors (Lipinski definition) is 0. The van der Waals surface area contributed by atoms with Gasteiger partial charge in [-0.3, -0.25) is 9.78 Å². The van der Waals surface area contributed by atoms with Crippen molar-refractivity contribution in [2.24, 2.45) is 0 Å². The molecule has 1 atom stereocenters. The molecule has 0 radical (unpaired) electrons. The van der Waals surface area contributed by atoms with Gasteiger partial charge in [0.1, 0.15) is 6.29 Å². The summed E-state index contributed by atoms with van der Waals surface area (Å²) in [6.07, 6.45) is 6.05. The van der Waals surface area contributed by atoms with Gasteiger partial charge in [0.2, 0.25) is 0 Å². The second kappa shape index (κ2) is 10.6.